The molecule has 0 aromatic carbocycles. The van der Waals surface area contributed by atoms with Crippen molar-refractivity contribution in [2.24, 2.45) is 5.92 Å². The zero-order chi connectivity index (χ0) is 15.0. The third-order valence-corrected chi connectivity index (χ3v) is 3.26. The van der Waals surface area contributed by atoms with Crippen LogP contribution in [0.4, 0.5) is 0 Å². The van der Waals surface area contributed by atoms with Gasteiger partial charge in [-0.3, -0.25) is 4.79 Å². The normalized spacial score (nSPS) is 17.8. The van der Waals surface area contributed by atoms with Crippen LogP contribution in [-0.4, -0.2) is 50.8 Å². The summed E-state index contributed by atoms with van der Waals surface area (Å²) in [6.45, 7) is 5.83. The summed E-state index contributed by atoms with van der Waals surface area (Å²) in [7, 11) is 1.33. The van der Waals surface area contributed by atoms with E-state index < -0.39 is 12.0 Å². The van der Waals surface area contributed by atoms with Crippen LogP contribution in [0.1, 0.15) is 33.1 Å². The number of amides is 1. The zero-order valence-corrected chi connectivity index (χ0v) is 12.6. The fourth-order valence-electron chi connectivity index (χ4n) is 2.22. The Labute approximate surface area is 120 Å². The summed E-state index contributed by atoms with van der Waals surface area (Å²) in [5, 5.41) is 5.92. The van der Waals surface area contributed by atoms with Crippen LogP contribution in [0.25, 0.3) is 0 Å². The molecule has 0 aromatic heterocycles. The molecular formula is C14H26N2O4. The molecule has 20 heavy (non-hydrogen) atoms. The number of carbonyl (C=O) groups is 2. The molecule has 6 heteroatoms. The smallest absolute Gasteiger partial charge is 0.328 e. The second kappa shape index (κ2) is 8.92. The first-order valence-electron chi connectivity index (χ1n) is 7.22. The lowest BCUT2D eigenvalue weighted by molar-refractivity contribution is -0.146. The average molecular weight is 286 g/mol. The summed E-state index contributed by atoms with van der Waals surface area (Å²) in [4.78, 5) is 23.4. The van der Waals surface area contributed by atoms with E-state index in [9.17, 15) is 9.59 Å². The van der Waals surface area contributed by atoms with Gasteiger partial charge in [-0.25, -0.2) is 4.79 Å². The monoisotopic (exact) mass is 286 g/mol. The molecule has 2 N–H and O–H groups in total. The summed E-state index contributed by atoms with van der Waals surface area (Å²) in [5.74, 6) is -0.377. The molecule has 1 saturated heterocycles. The van der Waals surface area contributed by atoms with Crippen molar-refractivity contribution in [1.82, 2.24) is 10.6 Å². The second-order valence-corrected chi connectivity index (χ2v) is 5.53. The molecule has 1 aliphatic heterocycles. The lowest BCUT2D eigenvalue weighted by Crippen LogP contribution is -2.44. The molecule has 1 rings (SSSR count). The quantitative estimate of drug-likeness (QED) is 0.665. The largest absolute Gasteiger partial charge is 0.467 e. The fourth-order valence-corrected chi connectivity index (χ4v) is 2.22. The lowest BCUT2D eigenvalue weighted by atomic mass is 10.0. The number of carbonyl (C=O) groups excluding carboxylic acids is 2. The first kappa shape index (κ1) is 16.9. The van der Waals surface area contributed by atoms with Gasteiger partial charge in [-0.05, 0) is 38.3 Å². The third kappa shape index (κ3) is 6.34. The molecule has 116 valence electrons. The highest BCUT2D eigenvalue weighted by atomic mass is 16.5. The second-order valence-electron chi connectivity index (χ2n) is 5.53. The van der Waals surface area contributed by atoms with Crippen LogP contribution >= 0.6 is 0 Å². The van der Waals surface area contributed by atoms with Gasteiger partial charge in [0.05, 0.1) is 13.2 Å². The maximum Gasteiger partial charge on any atom is 0.328 e. The Morgan fingerprint density at radius 3 is 2.50 bits per heavy atom. The van der Waals surface area contributed by atoms with Crippen LogP contribution < -0.4 is 10.6 Å². The molecule has 0 saturated carbocycles. The minimum absolute atomic E-state index is 0.00371. The summed E-state index contributed by atoms with van der Waals surface area (Å²) >= 11 is 0. The van der Waals surface area contributed by atoms with Crippen molar-refractivity contribution < 1.29 is 19.1 Å². The number of piperidine rings is 1. The Kier molecular flexibility index (Phi) is 7.54. The van der Waals surface area contributed by atoms with Crippen LogP contribution in [0.15, 0.2) is 0 Å². The van der Waals surface area contributed by atoms with Crippen LogP contribution in [0.5, 0.6) is 0 Å². The Balaban J connectivity index is 2.34. The standard InChI is InChI=1S/C14H26N2O4/c1-10(2)8-12(14(18)19-3)16-13(17)9-20-11-4-6-15-7-5-11/h10-12,15H,4-9H2,1-3H3,(H,16,17). The predicted octanol–water partition coefficient (Wildman–Crippen LogP) is 0.459. The van der Waals surface area contributed by atoms with Gasteiger partial charge in [0.15, 0.2) is 0 Å². The van der Waals surface area contributed by atoms with Crippen molar-refractivity contribution in [2.45, 2.75) is 45.3 Å². The Morgan fingerprint density at radius 2 is 1.95 bits per heavy atom. The van der Waals surface area contributed by atoms with E-state index in [0.717, 1.165) is 25.9 Å². The summed E-state index contributed by atoms with van der Waals surface area (Å²) in [6, 6.07) is -0.593. The molecule has 0 aromatic rings. The Bertz CT molecular complexity index is 314. The highest BCUT2D eigenvalue weighted by Gasteiger charge is 2.23. The molecule has 1 atom stereocenters. The van der Waals surface area contributed by atoms with Gasteiger partial charge in [0, 0.05) is 0 Å². The van der Waals surface area contributed by atoms with E-state index in [1.165, 1.54) is 7.11 Å². The van der Waals surface area contributed by atoms with Crippen LogP contribution in [0.3, 0.4) is 0 Å². The third-order valence-electron chi connectivity index (χ3n) is 3.26. The average Bonchev–Trinajstić information content (AvgIpc) is 2.44. The first-order valence-corrected chi connectivity index (χ1v) is 7.22. The van der Waals surface area contributed by atoms with Crippen LogP contribution in [-0.2, 0) is 19.1 Å². The molecule has 1 fully saturated rings. The summed E-state index contributed by atoms with van der Waals surface area (Å²) in [6.07, 6.45) is 2.52. The molecule has 0 radical (unpaired) electrons. The number of esters is 1. The van der Waals surface area contributed by atoms with Gasteiger partial charge in [0.1, 0.15) is 12.6 Å². The van der Waals surface area contributed by atoms with E-state index in [2.05, 4.69) is 10.6 Å². The number of hydrogen-bond donors (Lipinski definition) is 2. The molecule has 1 amide bonds. The summed E-state index contributed by atoms with van der Waals surface area (Å²) < 4.78 is 10.3. The maximum absolute atomic E-state index is 11.8. The minimum atomic E-state index is -0.593. The van der Waals surface area contributed by atoms with Crippen LogP contribution in [0.2, 0.25) is 0 Å². The Hall–Kier alpha value is -1.14. The molecule has 0 spiro atoms. The lowest BCUT2D eigenvalue weighted by Gasteiger charge is -2.23. The topological polar surface area (TPSA) is 76.7 Å². The Morgan fingerprint density at radius 1 is 1.30 bits per heavy atom. The van der Waals surface area contributed by atoms with E-state index in [1.807, 2.05) is 13.8 Å². The van der Waals surface area contributed by atoms with E-state index in [0.29, 0.717) is 12.3 Å². The molecule has 1 heterocycles. The molecule has 6 nitrogen and oxygen atoms in total. The number of ether oxygens (including phenoxy) is 2. The number of nitrogens with one attached hydrogen (secondary N) is 2. The molecular weight excluding hydrogens is 260 g/mol. The van der Waals surface area contributed by atoms with Gasteiger partial charge in [0.2, 0.25) is 5.91 Å². The van der Waals surface area contributed by atoms with Gasteiger partial charge in [-0.2, -0.15) is 0 Å². The molecule has 1 unspecified atom stereocenters. The van der Waals surface area contributed by atoms with Crippen molar-refractivity contribution >= 4 is 11.9 Å². The van der Waals surface area contributed by atoms with Crippen LogP contribution in [0, 0.1) is 5.92 Å². The number of hydrogen-bond acceptors (Lipinski definition) is 5. The molecule has 1 aliphatic rings. The minimum Gasteiger partial charge on any atom is -0.467 e. The van der Waals surface area contributed by atoms with Crippen molar-refractivity contribution in [3.8, 4) is 0 Å². The fraction of sp³-hybridized carbons (Fsp3) is 0.857. The highest BCUT2D eigenvalue weighted by molar-refractivity contribution is 5.85. The highest BCUT2D eigenvalue weighted by Crippen LogP contribution is 2.08. The van der Waals surface area contributed by atoms with Crippen molar-refractivity contribution in [1.29, 1.82) is 0 Å². The van der Waals surface area contributed by atoms with Crippen molar-refractivity contribution in [3.05, 3.63) is 0 Å². The van der Waals surface area contributed by atoms with E-state index in [1.54, 1.807) is 0 Å². The zero-order valence-electron chi connectivity index (χ0n) is 12.6. The summed E-state index contributed by atoms with van der Waals surface area (Å²) in [5.41, 5.74) is 0. The SMILES string of the molecule is COC(=O)C(CC(C)C)NC(=O)COC1CCNCC1. The van der Waals surface area contributed by atoms with Gasteiger partial charge in [-0.1, -0.05) is 13.8 Å². The van der Waals surface area contributed by atoms with E-state index in [4.69, 9.17) is 9.47 Å². The van der Waals surface area contributed by atoms with Crippen molar-refractivity contribution in [2.75, 3.05) is 26.8 Å². The first-order chi connectivity index (χ1) is 9.52. The van der Waals surface area contributed by atoms with E-state index >= 15 is 0 Å². The number of methoxy groups -OCH3 is 1. The predicted molar refractivity (Wildman–Crippen MR) is 75.2 cm³/mol. The molecule has 0 aliphatic carbocycles. The van der Waals surface area contributed by atoms with Gasteiger partial charge >= 0.3 is 5.97 Å². The number of rotatable bonds is 7. The van der Waals surface area contributed by atoms with Gasteiger partial charge in [0.25, 0.3) is 0 Å². The van der Waals surface area contributed by atoms with Gasteiger partial charge in [-0.15, -0.1) is 0 Å². The molecule has 0 bridgehead atoms. The van der Waals surface area contributed by atoms with Crippen molar-refractivity contribution in [3.63, 3.8) is 0 Å². The maximum atomic E-state index is 11.8. The van der Waals surface area contributed by atoms with E-state index in [-0.39, 0.29) is 18.6 Å². The van der Waals surface area contributed by atoms with Gasteiger partial charge < -0.3 is 20.1 Å².